The molecule has 39 heavy (non-hydrogen) atoms. The molecule has 1 fully saturated rings. The second-order valence-corrected chi connectivity index (χ2v) is 9.95. The quantitative estimate of drug-likeness (QED) is 0.332. The highest BCUT2D eigenvalue weighted by molar-refractivity contribution is 6.01. The highest BCUT2D eigenvalue weighted by Gasteiger charge is 2.37. The third-order valence-corrected chi connectivity index (χ3v) is 7.04. The average Bonchev–Trinajstić information content (AvgIpc) is 3.78. The number of aliphatic carboxylic acids is 1. The van der Waals surface area contributed by atoms with Crippen molar-refractivity contribution in [3.8, 4) is 0 Å². The van der Waals surface area contributed by atoms with Gasteiger partial charge in [0.15, 0.2) is 0 Å². The van der Waals surface area contributed by atoms with Gasteiger partial charge in [0.2, 0.25) is 0 Å². The number of carboxylic acids is 1. The summed E-state index contributed by atoms with van der Waals surface area (Å²) >= 11 is 0. The standard InChI is InChI=1S/C31H36N4O4/c1-3-27(33(2)31(39)34(22-24-19-20-24)21-23-13-7-4-8-14-23)28(29(36)37)32-30(38)35(25-15-9-5-10-16-25)26-17-11-6-12-18-26/h4-18,24,27-28H,3,19-22H2,1-2H3,(H,32,38)(H,36,37)/t27-,28+/m1/s1. The van der Waals surface area contributed by atoms with Gasteiger partial charge in [0, 0.05) is 20.1 Å². The van der Waals surface area contributed by atoms with Crippen LogP contribution in [0.2, 0.25) is 0 Å². The molecule has 8 heteroatoms. The van der Waals surface area contributed by atoms with Crippen molar-refractivity contribution in [2.75, 3.05) is 18.5 Å². The van der Waals surface area contributed by atoms with E-state index < -0.39 is 24.1 Å². The van der Waals surface area contributed by atoms with Crippen molar-refractivity contribution in [1.82, 2.24) is 15.1 Å². The summed E-state index contributed by atoms with van der Waals surface area (Å²) in [5, 5.41) is 12.9. The van der Waals surface area contributed by atoms with Gasteiger partial charge in [-0.1, -0.05) is 73.7 Å². The molecule has 4 amide bonds. The summed E-state index contributed by atoms with van der Waals surface area (Å²) in [6, 6.07) is 25.0. The molecule has 3 aromatic rings. The van der Waals surface area contributed by atoms with E-state index in [0.29, 0.717) is 36.8 Å². The summed E-state index contributed by atoms with van der Waals surface area (Å²) in [4.78, 5) is 44.6. The maximum atomic E-state index is 13.7. The minimum absolute atomic E-state index is 0.249. The first-order valence-electron chi connectivity index (χ1n) is 13.4. The van der Waals surface area contributed by atoms with E-state index >= 15 is 0 Å². The van der Waals surface area contributed by atoms with Gasteiger partial charge in [-0.3, -0.25) is 4.90 Å². The molecule has 0 unspecified atom stereocenters. The van der Waals surface area contributed by atoms with E-state index in [0.717, 1.165) is 18.4 Å². The molecule has 8 nitrogen and oxygen atoms in total. The van der Waals surface area contributed by atoms with Gasteiger partial charge in [-0.25, -0.2) is 14.4 Å². The van der Waals surface area contributed by atoms with Gasteiger partial charge in [0.05, 0.1) is 17.4 Å². The monoisotopic (exact) mass is 528 g/mol. The molecule has 2 atom stereocenters. The van der Waals surface area contributed by atoms with E-state index in [1.807, 2.05) is 73.7 Å². The van der Waals surface area contributed by atoms with Crippen LogP contribution in [0.5, 0.6) is 0 Å². The van der Waals surface area contributed by atoms with Crippen LogP contribution in [0.25, 0.3) is 0 Å². The number of carbonyl (C=O) groups is 3. The van der Waals surface area contributed by atoms with E-state index in [1.165, 1.54) is 9.80 Å². The van der Waals surface area contributed by atoms with Crippen molar-refractivity contribution in [2.45, 2.75) is 44.8 Å². The molecule has 0 saturated heterocycles. The lowest BCUT2D eigenvalue weighted by Gasteiger charge is -2.37. The number of urea groups is 2. The highest BCUT2D eigenvalue weighted by atomic mass is 16.4. The van der Waals surface area contributed by atoms with Gasteiger partial charge in [-0.2, -0.15) is 0 Å². The number of likely N-dealkylation sites (N-methyl/N-ethyl adjacent to an activating group) is 1. The van der Waals surface area contributed by atoms with Crippen LogP contribution in [0.15, 0.2) is 91.0 Å². The van der Waals surface area contributed by atoms with E-state index in [-0.39, 0.29) is 6.03 Å². The number of carboxylic acid groups (broad SMARTS) is 1. The fraction of sp³-hybridized carbons (Fsp3) is 0.323. The first-order valence-corrected chi connectivity index (χ1v) is 13.4. The number of amides is 4. The summed E-state index contributed by atoms with van der Waals surface area (Å²) in [6.45, 7) is 2.89. The number of para-hydroxylation sites is 2. The Morgan fingerprint density at radius 3 is 1.85 bits per heavy atom. The molecule has 0 spiro atoms. The van der Waals surface area contributed by atoms with Crippen molar-refractivity contribution < 1.29 is 19.5 Å². The Bertz CT molecular complexity index is 1200. The van der Waals surface area contributed by atoms with Crippen molar-refractivity contribution in [3.63, 3.8) is 0 Å². The zero-order valence-corrected chi connectivity index (χ0v) is 22.4. The lowest BCUT2D eigenvalue weighted by Crippen LogP contribution is -2.59. The van der Waals surface area contributed by atoms with Crippen LogP contribution in [0.1, 0.15) is 31.7 Å². The zero-order chi connectivity index (χ0) is 27.8. The van der Waals surface area contributed by atoms with Gasteiger partial charge in [-0.15, -0.1) is 0 Å². The minimum Gasteiger partial charge on any atom is -0.480 e. The zero-order valence-electron chi connectivity index (χ0n) is 22.4. The molecule has 1 saturated carbocycles. The van der Waals surface area contributed by atoms with Crippen molar-refractivity contribution in [3.05, 3.63) is 96.6 Å². The topological polar surface area (TPSA) is 93.2 Å². The molecule has 0 bridgehead atoms. The molecule has 204 valence electrons. The fourth-order valence-electron chi connectivity index (χ4n) is 4.78. The van der Waals surface area contributed by atoms with Gasteiger partial charge in [0.25, 0.3) is 0 Å². The Balaban J connectivity index is 1.56. The second kappa shape index (κ2) is 13.0. The van der Waals surface area contributed by atoms with Crippen molar-refractivity contribution in [1.29, 1.82) is 0 Å². The summed E-state index contributed by atoms with van der Waals surface area (Å²) in [7, 11) is 1.62. The van der Waals surface area contributed by atoms with Crippen LogP contribution in [-0.4, -0.2) is 58.6 Å². The number of nitrogens with one attached hydrogen (secondary N) is 1. The van der Waals surface area contributed by atoms with Gasteiger partial charge >= 0.3 is 18.0 Å². The number of benzene rings is 3. The van der Waals surface area contributed by atoms with Gasteiger partial charge in [-0.05, 0) is 55.0 Å². The summed E-state index contributed by atoms with van der Waals surface area (Å²) in [5.74, 6) is -0.737. The normalized spacial score (nSPS) is 14.1. The third-order valence-electron chi connectivity index (χ3n) is 7.04. The summed E-state index contributed by atoms with van der Waals surface area (Å²) in [6.07, 6.45) is 2.52. The Morgan fingerprint density at radius 1 is 0.872 bits per heavy atom. The van der Waals surface area contributed by atoms with E-state index in [4.69, 9.17) is 0 Å². The Hall–Kier alpha value is -4.33. The van der Waals surface area contributed by atoms with E-state index in [1.54, 1.807) is 36.2 Å². The van der Waals surface area contributed by atoms with Crippen LogP contribution < -0.4 is 10.2 Å². The maximum absolute atomic E-state index is 13.7. The number of rotatable bonds is 11. The molecule has 3 aromatic carbocycles. The smallest absolute Gasteiger partial charge is 0.328 e. The molecular formula is C31H36N4O4. The van der Waals surface area contributed by atoms with Crippen LogP contribution in [0, 0.1) is 5.92 Å². The number of carbonyl (C=O) groups excluding carboxylic acids is 2. The lowest BCUT2D eigenvalue weighted by molar-refractivity contribution is -0.140. The molecule has 1 aliphatic carbocycles. The number of hydrogen-bond acceptors (Lipinski definition) is 3. The lowest BCUT2D eigenvalue weighted by atomic mass is 10.0. The molecular weight excluding hydrogens is 492 g/mol. The van der Waals surface area contributed by atoms with Crippen molar-refractivity contribution in [2.24, 2.45) is 5.92 Å². The highest BCUT2D eigenvalue weighted by Crippen LogP contribution is 2.31. The summed E-state index contributed by atoms with van der Waals surface area (Å²) < 4.78 is 0. The molecule has 0 radical (unpaired) electrons. The molecule has 4 rings (SSSR count). The molecule has 0 aromatic heterocycles. The fourth-order valence-corrected chi connectivity index (χ4v) is 4.78. The predicted octanol–water partition coefficient (Wildman–Crippen LogP) is 5.73. The predicted molar refractivity (Wildman–Crippen MR) is 152 cm³/mol. The Morgan fingerprint density at radius 2 is 1.38 bits per heavy atom. The molecule has 2 N–H and O–H groups in total. The minimum atomic E-state index is -1.31. The SMILES string of the molecule is CC[C@H]([C@H](NC(=O)N(c1ccccc1)c1ccccc1)C(=O)O)N(C)C(=O)N(Cc1ccccc1)CC1CC1. The average molecular weight is 529 g/mol. The van der Waals surface area contributed by atoms with E-state index in [2.05, 4.69) is 5.32 Å². The van der Waals surface area contributed by atoms with Crippen LogP contribution in [-0.2, 0) is 11.3 Å². The largest absolute Gasteiger partial charge is 0.480 e. The van der Waals surface area contributed by atoms with Gasteiger partial charge < -0.3 is 20.2 Å². The molecule has 0 heterocycles. The molecule has 1 aliphatic rings. The summed E-state index contributed by atoms with van der Waals surface area (Å²) in [5.41, 5.74) is 2.21. The molecule has 0 aliphatic heterocycles. The first kappa shape index (κ1) is 27.7. The van der Waals surface area contributed by atoms with Crippen LogP contribution in [0.3, 0.4) is 0 Å². The first-order chi connectivity index (χ1) is 18.9. The number of nitrogens with zero attached hydrogens (tertiary/aromatic N) is 3. The Labute approximate surface area is 229 Å². The van der Waals surface area contributed by atoms with E-state index in [9.17, 15) is 19.5 Å². The van der Waals surface area contributed by atoms with Crippen molar-refractivity contribution >= 4 is 29.4 Å². The van der Waals surface area contributed by atoms with Gasteiger partial charge in [0.1, 0.15) is 6.04 Å². The maximum Gasteiger partial charge on any atom is 0.328 e. The number of hydrogen-bond donors (Lipinski definition) is 2. The number of anilines is 2. The third kappa shape index (κ3) is 7.16. The van der Waals surface area contributed by atoms with Crippen LogP contribution in [0.4, 0.5) is 21.0 Å². The van der Waals surface area contributed by atoms with Crippen LogP contribution >= 0.6 is 0 Å². The second-order valence-electron chi connectivity index (χ2n) is 9.95. The Kier molecular flexibility index (Phi) is 9.20.